The fraction of sp³-hybridized carbons (Fsp3) is 0.200. The molecule has 0 atom stereocenters. The van der Waals surface area contributed by atoms with Gasteiger partial charge in [0.25, 0.3) is 0 Å². The number of hydrogen-bond donors (Lipinski definition) is 0. The van der Waals surface area contributed by atoms with E-state index in [-0.39, 0.29) is 12.4 Å². The van der Waals surface area contributed by atoms with Gasteiger partial charge < -0.3 is 23.4 Å². The lowest BCUT2D eigenvalue weighted by molar-refractivity contribution is 0.101. The van der Waals surface area contributed by atoms with Crippen molar-refractivity contribution in [2.45, 2.75) is 13.5 Å². The van der Waals surface area contributed by atoms with Crippen molar-refractivity contribution < 1.29 is 28.2 Å². The number of carbonyl (C=O) groups is 1. The van der Waals surface area contributed by atoms with Gasteiger partial charge >= 0.3 is 5.63 Å². The molecule has 3 aromatic carbocycles. The second-order valence-corrected chi connectivity index (χ2v) is 7.21. The summed E-state index contributed by atoms with van der Waals surface area (Å²) in [7, 11) is 4.70. The SMILES string of the molecule is COc1cc(COc2cc3oc(=O)c4cc(C(C)=O)ccc4c3cc2OC)cc(OC)c1. The maximum atomic E-state index is 12.6. The Morgan fingerprint density at radius 2 is 1.53 bits per heavy atom. The van der Waals surface area contributed by atoms with Crippen LogP contribution < -0.4 is 24.6 Å². The Hall–Kier alpha value is -4.00. The molecule has 0 saturated heterocycles. The van der Waals surface area contributed by atoms with Crippen molar-refractivity contribution in [1.29, 1.82) is 0 Å². The smallest absolute Gasteiger partial charge is 0.344 e. The Kier molecular flexibility index (Phi) is 5.73. The first-order chi connectivity index (χ1) is 15.4. The molecule has 0 spiro atoms. The molecule has 1 aromatic heterocycles. The maximum Gasteiger partial charge on any atom is 0.344 e. The molecule has 7 nitrogen and oxygen atoms in total. The van der Waals surface area contributed by atoms with Crippen molar-refractivity contribution in [2.24, 2.45) is 0 Å². The first-order valence-corrected chi connectivity index (χ1v) is 9.87. The molecule has 0 bridgehead atoms. The van der Waals surface area contributed by atoms with Gasteiger partial charge in [-0.05, 0) is 36.8 Å². The van der Waals surface area contributed by atoms with Crippen LogP contribution in [0.15, 0.2) is 57.7 Å². The summed E-state index contributed by atoms with van der Waals surface area (Å²) in [6.45, 7) is 1.67. The lowest BCUT2D eigenvalue weighted by atomic mass is 10.0. The molecule has 4 aromatic rings. The number of fused-ring (bicyclic) bond motifs is 3. The van der Waals surface area contributed by atoms with E-state index in [0.29, 0.717) is 50.3 Å². The largest absolute Gasteiger partial charge is 0.497 e. The predicted molar refractivity (Wildman–Crippen MR) is 120 cm³/mol. The zero-order valence-electron chi connectivity index (χ0n) is 18.2. The molecule has 7 heteroatoms. The molecule has 1 heterocycles. The molecule has 0 fully saturated rings. The third kappa shape index (κ3) is 3.97. The van der Waals surface area contributed by atoms with Crippen LogP contribution in [0.4, 0.5) is 0 Å². The molecule has 0 amide bonds. The second kappa shape index (κ2) is 8.63. The number of carbonyl (C=O) groups excluding carboxylic acids is 1. The molecule has 0 radical (unpaired) electrons. The van der Waals surface area contributed by atoms with Crippen LogP contribution >= 0.6 is 0 Å². The third-order valence-electron chi connectivity index (χ3n) is 5.21. The topological polar surface area (TPSA) is 84.2 Å². The van der Waals surface area contributed by atoms with Gasteiger partial charge in [-0.15, -0.1) is 0 Å². The third-order valence-corrected chi connectivity index (χ3v) is 5.21. The van der Waals surface area contributed by atoms with Crippen LogP contribution in [0.25, 0.3) is 21.7 Å². The number of ether oxygens (including phenoxy) is 4. The fourth-order valence-corrected chi connectivity index (χ4v) is 3.54. The molecule has 0 aliphatic carbocycles. The predicted octanol–water partition coefficient (Wildman–Crippen LogP) is 4.75. The first kappa shape index (κ1) is 21.2. The quantitative estimate of drug-likeness (QED) is 0.236. The maximum absolute atomic E-state index is 12.6. The van der Waals surface area contributed by atoms with Crippen LogP contribution in [0.1, 0.15) is 22.8 Å². The number of hydrogen-bond acceptors (Lipinski definition) is 7. The lowest BCUT2D eigenvalue weighted by Crippen LogP contribution is -2.03. The summed E-state index contributed by atoms with van der Waals surface area (Å²) in [5, 5.41) is 1.69. The summed E-state index contributed by atoms with van der Waals surface area (Å²) in [6, 6.07) is 13.8. The van der Waals surface area contributed by atoms with E-state index in [1.165, 1.54) is 14.0 Å². The number of rotatable bonds is 7. The van der Waals surface area contributed by atoms with Gasteiger partial charge in [0.15, 0.2) is 17.3 Å². The average molecular weight is 434 g/mol. The van der Waals surface area contributed by atoms with E-state index in [1.54, 1.807) is 50.6 Å². The van der Waals surface area contributed by atoms with Crippen LogP contribution in [-0.2, 0) is 6.61 Å². The molecule has 0 saturated carbocycles. The first-order valence-electron chi connectivity index (χ1n) is 9.87. The van der Waals surface area contributed by atoms with Crippen LogP contribution in [0.5, 0.6) is 23.0 Å². The number of benzene rings is 3. The summed E-state index contributed by atoms with van der Waals surface area (Å²) in [4.78, 5) is 24.3. The molecule has 32 heavy (non-hydrogen) atoms. The van der Waals surface area contributed by atoms with Crippen LogP contribution in [0.2, 0.25) is 0 Å². The van der Waals surface area contributed by atoms with E-state index in [0.717, 1.165) is 5.56 Å². The van der Waals surface area contributed by atoms with Crippen molar-refractivity contribution in [3.05, 3.63) is 70.1 Å². The van der Waals surface area contributed by atoms with Crippen LogP contribution in [0, 0.1) is 0 Å². The molecular formula is C25H22O7. The van der Waals surface area contributed by atoms with Crippen molar-refractivity contribution in [2.75, 3.05) is 21.3 Å². The van der Waals surface area contributed by atoms with Gasteiger partial charge in [-0.25, -0.2) is 4.79 Å². The van der Waals surface area contributed by atoms with E-state index in [9.17, 15) is 9.59 Å². The average Bonchev–Trinajstić information content (AvgIpc) is 2.81. The highest BCUT2D eigenvalue weighted by Gasteiger charge is 2.15. The summed E-state index contributed by atoms with van der Waals surface area (Å²) in [5.41, 5.74) is 1.12. The monoisotopic (exact) mass is 434 g/mol. The van der Waals surface area contributed by atoms with Crippen LogP contribution in [0.3, 0.4) is 0 Å². The summed E-state index contributed by atoms with van der Waals surface area (Å²) in [6.07, 6.45) is 0. The molecule has 0 unspecified atom stereocenters. The second-order valence-electron chi connectivity index (χ2n) is 7.21. The number of Topliss-reactive ketones (excluding diaryl/α,β-unsaturated/α-hetero) is 1. The van der Waals surface area contributed by atoms with Crippen molar-refractivity contribution in [1.82, 2.24) is 0 Å². The highest BCUT2D eigenvalue weighted by molar-refractivity contribution is 6.07. The summed E-state index contributed by atoms with van der Waals surface area (Å²) < 4.78 is 27.6. The van der Waals surface area contributed by atoms with Crippen LogP contribution in [-0.4, -0.2) is 27.1 Å². The Balaban J connectivity index is 1.76. The molecular weight excluding hydrogens is 412 g/mol. The Morgan fingerprint density at radius 1 is 0.812 bits per heavy atom. The number of ketones is 1. The Labute approximate surface area is 184 Å². The highest BCUT2D eigenvalue weighted by atomic mass is 16.5. The standard InChI is InChI=1S/C25H22O7/c1-14(26)16-5-6-19-20-11-23(30-4)24(12-22(20)32-25(27)21(19)9-16)31-13-15-7-17(28-2)10-18(8-15)29-3/h5-12H,13H2,1-4H3. The zero-order chi connectivity index (χ0) is 22.8. The van der Waals surface area contributed by atoms with E-state index in [1.807, 2.05) is 12.1 Å². The van der Waals surface area contributed by atoms with Gasteiger partial charge in [0, 0.05) is 28.5 Å². The van der Waals surface area contributed by atoms with Crippen molar-refractivity contribution in [3.8, 4) is 23.0 Å². The number of methoxy groups -OCH3 is 3. The van der Waals surface area contributed by atoms with Gasteiger partial charge in [-0.1, -0.05) is 12.1 Å². The van der Waals surface area contributed by atoms with Gasteiger partial charge in [-0.2, -0.15) is 0 Å². The molecule has 164 valence electrons. The van der Waals surface area contributed by atoms with Crippen molar-refractivity contribution >= 4 is 27.5 Å². The van der Waals surface area contributed by atoms with E-state index >= 15 is 0 Å². The lowest BCUT2D eigenvalue weighted by Gasteiger charge is -2.14. The minimum atomic E-state index is -0.524. The minimum absolute atomic E-state index is 0.123. The van der Waals surface area contributed by atoms with Gasteiger partial charge in [0.2, 0.25) is 0 Å². The van der Waals surface area contributed by atoms with E-state index in [2.05, 4.69) is 0 Å². The zero-order valence-corrected chi connectivity index (χ0v) is 18.2. The Bertz CT molecular complexity index is 1360. The van der Waals surface area contributed by atoms with Gasteiger partial charge in [0.1, 0.15) is 23.7 Å². The molecule has 0 aliphatic heterocycles. The molecule has 0 N–H and O–H groups in total. The fourth-order valence-electron chi connectivity index (χ4n) is 3.54. The van der Waals surface area contributed by atoms with Gasteiger partial charge in [0.05, 0.1) is 26.7 Å². The van der Waals surface area contributed by atoms with Gasteiger partial charge in [-0.3, -0.25) is 4.79 Å². The van der Waals surface area contributed by atoms with E-state index < -0.39 is 5.63 Å². The summed E-state index contributed by atoms with van der Waals surface area (Å²) >= 11 is 0. The summed E-state index contributed by atoms with van der Waals surface area (Å²) in [5.74, 6) is 2.08. The minimum Gasteiger partial charge on any atom is -0.497 e. The normalized spacial score (nSPS) is 10.9. The van der Waals surface area contributed by atoms with E-state index in [4.69, 9.17) is 23.4 Å². The molecule has 4 rings (SSSR count). The Morgan fingerprint density at radius 3 is 2.16 bits per heavy atom. The molecule has 0 aliphatic rings. The van der Waals surface area contributed by atoms with Crippen molar-refractivity contribution in [3.63, 3.8) is 0 Å². The highest BCUT2D eigenvalue weighted by Crippen LogP contribution is 2.36.